The molecule has 0 aromatic rings. The minimum atomic E-state index is -0.394. The summed E-state index contributed by atoms with van der Waals surface area (Å²) in [6.45, 7) is 7.74. The topological polar surface area (TPSA) is 55.8 Å². The first-order chi connectivity index (χ1) is 7.72. The van der Waals surface area contributed by atoms with E-state index in [1.165, 1.54) is 6.08 Å². The highest BCUT2D eigenvalue weighted by Gasteiger charge is 2.18. The highest BCUT2D eigenvalue weighted by molar-refractivity contribution is 5.81. The van der Waals surface area contributed by atoms with Gasteiger partial charge in [0.2, 0.25) is 0 Å². The largest absolute Gasteiger partial charge is 0.462 e. The number of carbonyl (C=O) groups excluding carboxylic acids is 1. The summed E-state index contributed by atoms with van der Waals surface area (Å²) in [5, 5.41) is 9.00. The average Bonchev–Trinajstić information content (AvgIpc) is 2.26. The molecule has 0 heterocycles. The van der Waals surface area contributed by atoms with Crippen LogP contribution in [0.1, 0.15) is 34.1 Å². The molecule has 0 saturated carbocycles. The van der Waals surface area contributed by atoms with E-state index < -0.39 is 11.4 Å². The number of aliphatic hydroxyl groups is 1. The van der Waals surface area contributed by atoms with Crippen molar-refractivity contribution < 1.29 is 19.4 Å². The molecule has 0 aliphatic carbocycles. The molecule has 0 spiro atoms. The fraction of sp³-hybridized carbons (Fsp3) is 0.769. The molecule has 0 rings (SSSR count). The van der Waals surface area contributed by atoms with E-state index in [1.54, 1.807) is 13.2 Å². The van der Waals surface area contributed by atoms with Crippen LogP contribution in [0.4, 0.5) is 0 Å². The summed E-state index contributed by atoms with van der Waals surface area (Å²) >= 11 is 0. The first-order valence-corrected chi connectivity index (χ1v) is 5.72. The molecule has 0 bridgehead atoms. The van der Waals surface area contributed by atoms with Crippen molar-refractivity contribution >= 4 is 5.97 Å². The minimum Gasteiger partial charge on any atom is -0.462 e. The molecule has 17 heavy (non-hydrogen) atoms. The van der Waals surface area contributed by atoms with Crippen molar-refractivity contribution in [2.24, 2.45) is 5.41 Å². The van der Waals surface area contributed by atoms with Crippen molar-refractivity contribution in [1.82, 2.24) is 0 Å². The Labute approximate surface area is 104 Å². The van der Waals surface area contributed by atoms with E-state index in [-0.39, 0.29) is 18.8 Å². The Morgan fingerprint density at radius 3 is 2.35 bits per heavy atom. The van der Waals surface area contributed by atoms with Gasteiger partial charge in [-0.1, -0.05) is 19.9 Å². The van der Waals surface area contributed by atoms with Crippen LogP contribution in [0.2, 0.25) is 0 Å². The van der Waals surface area contributed by atoms with Gasteiger partial charge in [0.05, 0.1) is 18.8 Å². The Morgan fingerprint density at radius 2 is 1.88 bits per heavy atom. The van der Waals surface area contributed by atoms with Crippen LogP contribution in [0.5, 0.6) is 0 Å². The molecule has 4 nitrogen and oxygen atoms in total. The molecule has 0 atom stereocenters. The van der Waals surface area contributed by atoms with E-state index in [4.69, 9.17) is 14.6 Å². The van der Waals surface area contributed by atoms with Gasteiger partial charge in [-0.15, -0.1) is 0 Å². The first kappa shape index (κ1) is 16.1. The molecule has 0 saturated heterocycles. The molecule has 1 N–H and O–H groups in total. The van der Waals surface area contributed by atoms with Gasteiger partial charge in [0.1, 0.15) is 0 Å². The molecule has 0 fully saturated rings. The van der Waals surface area contributed by atoms with Gasteiger partial charge in [-0.05, 0) is 20.3 Å². The lowest BCUT2D eigenvalue weighted by Crippen LogP contribution is -2.25. The van der Waals surface area contributed by atoms with Crippen molar-refractivity contribution in [3.8, 4) is 0 Å². The van der Waals surface area contributed by atoms with Gasteiger partial charge >= 0.3 is 5.97 Å². The van der Waals surface area contributed by atoms with Gasteiger partial charge in [0, 0.05) is 18.6 Å². The normalized spacial score (nSPS) is 13.1. The zero-order valence-electron chi connectivity index (χ0n) is 11.4. The van der Waals surface area contributed by atoms with Gasteiger partial charge in [-0.3, -0.25) is 0 Å². The Morgan fingerprint density at radius 1 is 1.29 bits per heavy atom. The summed E-state index contributed by atoms with van der Waals surface area (Å²) in [4.78, 5) is 11.3. The third-order valence-electron chi connectivity index (χ3n) is 2.45. The van der Waals surface area contributed by atoms with Gasteiger partial charge in [0.15, 0.2) is 0 Å². The average molecular weight is 244 g/mol. The quantitative estimate of drug-likeness (QED) is 0.549. The van der Waals surface area contributed by atoms with E-state index in [0.717, 1.165) is 0 Å². The monoisotopic (exact) mass is 244 g/mol. The zero-order valence-corrected chi connectivity index (χ0v) is 11.4. The number of esters is 1. The van der Waals surface area contributed by atoms with E-state index in [1.807, 2.05) is 27.7 Å². The Bertz CT molecular complexity index is 267. The fourth-order valence-corrected chi connectivity index (χ4v) is 0.883. The molecule has 0 amide bonds. The highest BCUT2D eigenvalue weighted by atomic mass is 16.5. The number of carbonyl (C=O) groups is 1. The summed E-state index contributed by atoms with van der Waals surface area (Å²) in [6.07, 6.45) is 3.77. The Balaban J connectivity index is 3.99. The van der Waals surface area contributed by atoms with Crippen LogP contribution in [-0.4, -0.2) is 37.0 Å². The van der Waals surface area contributed by atoms with Crippen LogP contribution in [0.25, 0.3) is 0 Å². The van der Waals surface area contributed by atoms with Crippen LogP contribution in [0.3, 0.4) is 0 Å². The number of hydrogen-bond donors (Lipinski definition) is 1. The number of hydrogen-bond acceptors (Lipinski definition) is 4. The lowest BCUT2D eigenvalue weighted by Gasteiger charge is -2.21. The third-order valence-corrected chi connectivity index (χ3v) is 2.45. The molecule has 100 valence electrons. The van der Waals surface area contributed by atoms with Crippen LogP contribution in [-0.2, 0) is 14.3 Å². The Hall–Kier alpha value is -0.870. The Kier molecular flexibility index (Phi) is 6.42. The molecule has 4 heteroatoms. The molecular weight excluding hydrogens is 220 g/mol. The number of rotatable bonds is 7. The van der Waals surface area contributed by atoms with E-state index in [2.05, 4.69) is 0 Å². The number of aliphatic hydroxyl groups excluding tert-OH is 1. The van der Waals surface area contributed by atoms with E-state index >= 15 is 0 Å². The predicted octanol–water partition coefficient (Wildman–Crippen LogP) is 1.92. The smallest absolute Gasteiger partial charge is 0.330 e. The lowest BCUT2D eigenvalue weighted by molar-refractivity contribution is -0.141. The van der Waals surface area contributed by atoms with Gasteiger partial charge in [0.25, 0.3) is 0 Å². The van der Waals surface area contributed by atoms with Crippen molar-refractivity contribution in [2.75, 3.05) is 20.3 Å². The molecule has 0 radical (unpaired) electrons. The maximum atomic E-state index is 11.3. The molecular formula is C13H24O4. The minimum absolute atomic E-state index is 0.0132. The van der Waals surface area contributed by atoms with Crippen molar-refractivity contribution in [3.05, 3.63) is 12.2 Å². The molecule has 0 unspecified atom stereocenters. The molecule has 0 aromatic heterocycles. The van der Waals surface area contributed by atoms with Crippen molar-refractivity contribution in [2.45, 2.75) is 39.7 Å². The zero-order chi connectivity index (χ0) is 13.5. The maximum Gasteiger partial charge on any atom is 0.330 e. The van der Waals surface area contributed by atoms with Crippen molar-refractivity contribution in [1.29, 1.82) is 0 Å². The second-order valence-electron chi connectivity index (χ2n) is 5.50. The number of ether oxygens (including phenoxy) is 2. The second-order valence-corrected chi connectivity index (χ2v) is 5.50. The summed E-state index contributed by atoms with van der Waals surface area (Å²) in [5.74, 6) is -0.390. The van der Waals surface area contributed by atoms with Crippen LogP contribution in [0.15, 0.2) is 12.2 Å². The molecule has 0 aromatic carbocycles. The summed E-state index contributed by atoms with van der Waals surface area (Å²) in [6, 6.07) is 0. The summed E-state index contributed by atoms with van der Waals surface area (Å²) < 4.78 is 10.2. The summed E-state index contributed by atoms with van der Waals surface area (Å²) in [5.41, 5.74) is -0.670. The SMILES string of the molecule is COC(C)(C)C/C=C/C(=O)OCC(C)(C)CO. The molecule has 0 aliphatic heterocycles. The third kappa shape index (κ3) is 7.94. The van der Waals surface area contributed by atoms with Gasteiger partial charge < -0.3 is 14.6 Å². The fourth-order valence-electron chi connectivity index (χ4n) is 0.883. The van der Waals surface area contributed by atoms with Gasteiger partial charge in [-0.25, -0.2) is 4.79 Å². The van der Waals surface area contributed by atoms with Crippen LogP contribution < -0.4 is 0 Å². The van der Waals surface area contributed by atoms with Crippen LogP contribution >= 0.6 is 0 Å². The van der Waals surface area contributed by atoms with Gasteiger partial charge in [-0.2, -0.15) is 0 Å². The second kappa shape index (κ2) is 6.77. The summed E-state index contributed by atoms with van der Waals surface area (Å²) in [7, 11) is 1.63. The standard InChI is InChI=1S/C13H24O4/c1-12(2,9-14)10-17-11(15)7-6-8-13(3,4)16-5/h6-7,14H,8-10H2,1-5H3/b7-6+. The lowest BCUT2D eigenvalue weighted by atomic mass is 9.97. The first-order valence-electron chi connectivity index (χ1n) is 5.72. The number of methoxy groups -OCH3 is 1. The predicted molar refractivity (Wildman–Crippen MR) is 66.7 cm³/mol. The van der Waals surface area contributed by atoms with Crippen LogP contribution in [0, 0.1) is 5.41 Å². The highest BCUT2D eigenvalue weighted by Crippen LogP contribution is 2.15. The van der Waals surface area contributed by atoms with E-state index in [0.29, 0.717) is 6.42 Å². The molecule has 0 aliphatic rings. The van der Waals surface area contributed by atoms with Crippen molar-refractivity contribution in [3.63, 3.8) is 0 Å². The van der Waals surface area contributed by atoms with E-state index in [9.17, 15) is 4.79 Å². The maximum absolute atomic E-state index is 11.3.